The van der Waals surface area contributed by atoms with E-state index in [-0.39, 0.29) is 0 Å². The Balaban J connectivity index is 3.17. The van der Waals surface area contributed by atoms with Crippen LogP contribution in [0.2, 0.25) is 0 Å². The highest BCUT2D eigenvalue weighted by atomic mass is 32.2. The Bertz CT molecular complexity index is 156. The molecule has 0 rings (SSSR count). The molecule has 4 nitrogen and oxygen atoms in total. The van der Waals surface area contributed by atoms with Crippen molar-refractivity contribution in [1.82, 2.24) is 0 Å². The van der Waals surface area contributed by atoms with Crippen LogP contribution in [0.25, 0.3) is 0 Å². The van der Waals surface area contributed by atoms with Gasteiger partial charge in [0.1, 0.15) is 0 Å². The van der Waals surface area contributed by atoms with Crippen LogP contribution in [0.1, 0.15) is 12.8 Å². The van der Waals surface area contributed by atoms with Gasteiger partial charge >= 0.3 is 0 Å². The second-order valence-electron chi connectivity index (χ2n) is 2.37. The van der Waals surface area contributed by atoms with Crippen LogP contribution in [-0.2, 0) is 9.47 Å². The molecule has 76 valence electrons. The van der Waals surface area contributed by atoms with Crippen LogP contribution in [0.5, 0.6) is 0 Å². The minimum Gasteiger partial charge on any atom is -0.484 e. The molecule has 0 heterocycles. The SMILES string of the molecule is COC(=N)CCSCCC(=N)OC. The van der Waals surface area contributed by atoms with E-state index in [1.165, 1.54) is 14.2 Å². The molecule has 0 amide bonds. The molecule has 0 aromatic carbocycles. The first kappa shape index (κ1) is 12.3. The third kappa shape index (κ3) is 7.64. The Hall–Kier alpha value is -0.710. The molecule has 0 aliphatic rings. The highest BCUT2D eigenvalue weighted by molar-refractivity contribution is 7.99. The molecule has 13 heavy (non-hydrogen) atoms. The van der Waals surface area contributed by atoms with Crippen molar-refractivity contribution in [3.05, 3.63) is 0 Å². The minimum absolute atomic E-state index is 0.314. The third-order valence-electron chi connectivity index (χ3n) is 1.44. The molecule has 0 unspecified atom stereocenters. The first-order valence-corrected chi connectivity index (χ1v) is 5.16. The van der Waals surface area contributed by atoms with E-state index in [1.54, 1.807) is 11.8 Å². The Morgan fingerprint density at radius 3 is 1.69 bits per heavy atom. The summed E-state index contributed by atoms with van der Waals surface area (Å²) in [6.07, 6.45) is 1.31. The number of ether oxygens (including phenoxy) is 2. The highest BCUT2D eigenvalue weighted by Crippen LogP contribution is 2.05. The molecule has 0 fully saturated rings. The molecule has 0 spiro atoms. The number of thioether (sulfide) groups is 1. The van der Waals surface area contributed by atoms with Gasteiger partial charge in [0.05, 0.1) is 14.2 Å². The lowest BCUT2D eigenvalue weighted by molar-refractivity contribution is 0.388. The first-order valence-electron chi connectivity index (χ1n) is 4.01. The molecule has 0 atom stereocenters. The van der Waals surface area contributed by atoms with Gasteiger partial charge in [0.25, 0.3) is 0 Å². The van der Waals surface area contributed by atoms with Crippen molar-refractivity contribution in [2.45, 2.75) is 12.8 Å². The lowest BCUT2D eigenvalue weighted by Crippen LogP contribution is -2.03. The molecular weight excluding hydrogens is 188 g/mol. The summed E-state index contributed by atoms with van der Waals surface area (Å²) in [5.41, 5.74) is 0. The van der Waals surface area contributed by atoms with Crippen LogP contribution < -0.4 is 0 Å². The molecule has 0 saturated carbocycles. The van der Waals surface area contributed by atoms with Gasteiger partial charge in [-0.3, -0.25) is 10.8 Å². The average Bonchev–Trinajstić information content (AvgIpc) is 2.16. The van der Waals surface area contributed by atoms with Gasteiger partial charge in [0.15, 0.2) is 11.8 Å². The van der Waals surface area contributed by atoms with Crippen molar-refractivity contribution in [1.29, 1.82) is 10.8 Å². The van der Waals surface area contributed by atoms with Gasteiger partial charge in [-0.2, -0.15) is 11.8 Å². The lowest BCUT2D eigenvalue weighted by atomic mass is 10.5. The van der Waals surface area contributed by atoms with Crippen molar-refractivity contribution in [2.75, 3.05) is 25.7 Å². The van der Waals surface area contributed by atoms with Crippen LogP contribution in [0.3, 0.4) is 0 Å². The molecule has 0 saturated heterocycles. The predicted molar refractivity (Wildman–Crippen MR) is 56.0 cm³/mol. The Kier molecular flexibility index (Phi) is 7.48. The smallest absolute Gasteiger partial charge is 0.180 e. The lowest BCUT2D eigenvalue weighted by Gasteiger charge is -2.03. The number of rotatable bonds is 6. The quantitative estimate of drug-likeness (QED) is 0.393. The van der Waals surface area contributed by atoms with Crippen molar-refractivity contribution in [2.24, 2.45) is 0 Å². The molecular formula is C8H16N2O2S. The standard InChI is InChI=1S/C8H16N2O2S/c1-11-7(9)3-5-13-6-4-8(10)12-2/h9-10H,3-6H2,1-2H3. The number of hydrogen-bond donors (Lipinski definition) is 2. The summed E-state index contributed by atoms with van der Waals surface area (Å²) >= 11 is 1.70. The van der Waals surface area contributed by atoms with E-state index < -0.39 is 0 Å². The topological polar surface area (TPSA) is 66.2 Å². The fraction of sp³-hybridized carbons (Fsp3) is 0.750. The Morgan fingerprint density at radius 2 is 1.38 bits per heavy atom. The fourth-order valence-electron chi connectivity index (χ4n) is 0.636. The van der Waals surface area contributed by atoms with Crippen LogP contribution in [0, 0.1) is 10.8 Å². The molecule has 0 aliphatic heterocycles. The first-order chi connectivity index (χ1) is 6.20. The van der Waals surface area contributed by atoms with Crippen LogP contribution in [0.15, 0.2) is 0 Å². The highest BCUT2D eigenvalue weighted by Gasteiger charge is 1.97. The summed E-state index contributed by atoms with van der Waals surface area (Å²) in [6, 6.07) is 0. The van der Waals surface area contributed by atoms with Crippen molar-refractivity contribution in [3.8, 4) is 0 Å². The second kappa shape index (κ2) is 7.91. The molecule has 2 N–H and O–H groups in total. The maximum atomic E-state index is 7.19. The maximum absolute atomic E-state index is 7.19. The predicted octanol–water partition coefficient (Wildman–Crippen LogP) is 1.75. The van der Waals surface area contributed by atoms with Crippen molar-refractivity contribution >= 4 is 23.6 Å². The van der Waals surface area contributed by atoms with E-state index >= 15 is 0 Å². The van der Waals surface area contributed by atoms with E-state index in [9.17, 15) is 0 Å². The Labute approximate surface area is 83.0 Å². The van der Waals surface area contributed by atoms with Gasteiger partial charge in [-0.05, 0) is 0 Å². The molecule has 0 aromatic heterocycles. The average molecular weight is 204 g/mol. The van der Waals surface area contributed by atoms with Crippen LogP contribution in [-0.4, -0.2) is 37.5 Å². The zero-order valence-electron chi connectivity index (χ0n) is 8.05. The summed E-state index contributed by atoms with van der Waals surface area (Å²) < 4.78 is 9.40. The van der Waals surface area contributed by atoms with E-state index in [1.807, 2.05) is 0 Å². The molecule has 0 bridgehead atoms. The molecule has 0 aromatic rings. The summed E-state index contributed by atoms with van der Waals surface area (Å²) in [5, 5.41) is 14.4. The van der Waals surface area contributed by atoms with E-state index in [4.69, 9.17) is 20.3 Å². The van der Waals surface area contributed by atoms with Gasteiger partial charge < -0.3 is 9.47 Å². The molecule has 0 aliphatic carbocycles. The zero-order valence-corrected chi connectivity index (χ0v) is 8.87. The van der Waals surface area contributed by atoms with Gasteiger partial charge in [-0.25, -0.2) is 0 Å². The van der Waals surface area contributed by atoms with Crippen molar-refractivity contribution < 1.29 is 9.47 Å². The third-order valence-corrected chi connectivity index (χ3v) is 2.43. The zero-order chi connectivity index (χ0) is 10.1. The minimum atomic E-state index is 0.314. The maximum Gasteiger partial charge on any atom is 0.180 e. The van der Waals surface area contributed by atoms with Crippen LogP contribution in [0.4, 0.5) is 0 Å². The molecule has 5 heteroatoms. The van der Waals surface area contributed by atoms with Crippen molar-refractivity contribution in [3.63, 3.8) is 0 Å². The van der Waals surface area contributed by atoms with E-state index in [0.29, 0.717) is 24.6 Å². The monoisotopic (exact) mass is 204 g/mol. The van der Waals surface area contributed by atoms with Gasteiger partial charge in [-0.1, -0.05) is 0 Å². The summed E-state index contributed by atoms with van der Waals surface area (Å²) in [7, 11) is 3.02. The number of nitrogens with one attached hydrogen (secondary N) is 2. The van der Waals surface area contributed by atoms with Crippen LogP contribution >= 0.6 is 11.8 Å². The van der Waals surface area contributed by atoms with Gasteiger partial charge in [0, 0.05) is 24.3 Å². The fourth-order valence-corrected chi connectivity index (χ4v) is 1.50. The number of methoxy groups -OCH3 is 2. The normalized spacial score (nSPS) is 9.38. The summed E-state index contributed by atoms with van der Waals surface area (Å²) in [6.45, 7) is 0. The van der Waals surface area contributed by atoms with E-state index in [2.05, 4.69) is 0 Å². The summed E-state index contributed by atoms with van der Waals surface area (Å²) in [5.74, 6) is 2.36. The van der Waals surface area contributed by atoms with Gasteiger partial charge in [-0.15, -0.1) is 0 Å². The second-order valence-corrected chi connectivity index (χ2v) is 3.59. The number of hydrogen-bond acceptors (Lipinski definition) is 5. The Morgan fingerprint density at radius 1 is 1.00 bits per heavy atom. The largest absolute Gasteiger partial charge is 0.484 e. The summed E-state index contributed by atoms with van der Waals surface area (Å²) in [4.78, 5) is 0. The van der Waals surface area contributed by atoms with E-state index in [0.717, 1.165) is 11.5 Å². The molecule has 0 radical (unpaired) electrons. The van der Waals surface area contributed by atoms with Gasteiger partial charge in [0.2, 0.25) is 0 Å².